The number of nitrogens with zero attached hydrogens (tertiary/aromatic N) is 2. The van der Waals surface area contributed by atoms with E-state index in [2.05, 4.69) is 91.2 Å². The van der Waals surface area contributed by atoms with Crippen molar-refractivity contribution in [3.05, 3.63) is 57.6 Å². The minimum Gasteiger partial charge on any atom is -0.221 e. The van der Waals surface area contributed by atoms with Crippen LogP contribution in [-0.2, 0) is 0 Å². The van der Waals surface area contributed by atoms with Crippen molar-refractivity contribution in [2.45, 2.75) is 48.0 Å². The Labute approximate surface area is 160 Å². The topological polar surface area (TPSA) is 6.25 Å². The fraction of sp³-hybridized carbons (Fsp3) is 0.409. The molecule has 3 rings (SSSR count). The molecule has 25 heavy (non-hydrogen) atoms. The molecule has 132 valence electrons. The van der Waals surface area contributed by atoms with E-state index in [-0.39, 0.29) is 0 Å². The smallest absolute Gasteiger partial charge is 0.221 e. The summed E-state index contributed by atoms with van der Waals surface area (Å²) in [5.74, 6) is 0. The molecule has 1 aliphatic heterocycles. The van der Waals surface area contributed by atoms with Crippen LogP contribution in [0.2, 0.25) is 0 Å². The quantitative estimate of drug-likeness (QED) is 0.453. The van der Waals surface area contributed by atoms with Crippen LogP contribution in [0.15, 0.2) is 24.3 Å². The molecule has 1 aliphatic rings. The van der Waals surface area contributed by atoms with Gasteiger partial charge in [0.2, 0.25) is 0 Å². The van der Waals surface area contributed by atoms with E-state index < -0.39 is 0 Å². The van der Waals surface area contributed by atoms with Crippen LogP contribution in [0.5, 0.6) is 0 Å². The van der Waals surface area contributed by atoms with E-state index in [4.69, 9.17) is 0 Å². The van der Waals surface area contributed by atoms with Crippen LogP contribution >= 0.6 is 15.9 Å². The monoisotopic (exact) mass is 399 g/mol. The van der Waals surface area contributed by atoms with Crippen molar-refractivity contribution in [3.63, 3.8) is 0 Å². The van der Waals surface area contributed by atoms with E-state index in [0.717, 1.165) is 24.3 Å². The average molecular weight is 400 g/mol. The molecule has 0 amide bonds. The number of aryl methyl sites for hydroxylation is 6. The Bertz CT molecular complexity index is 818. The predicted octanol–water partition coefficient (Wildman–Crippen LogP) is 5.84. The average Bonchev–Trinajstić information content (AvgIpc) is 2.48. The van der Waals surface area contributed by atoms with Crippen LogP contribution in [-0.4, -0.2) is 22.4 Å². The minimum atomic E-state index is 1.05. The van der Waals surface area contributed by atoms with Gasteiger partial charge in [0.05, 0.1) is 13.1 Å². The Balaban J connectivity index is 2.16. The molecule has 0 bridgehead atoms. The molecule has 0 aliphatic carbocycles. The highest BCUT2D eigenvalue weighted by Gasteiger charge is 2.31. The highest BCUT2D eigenvalue weighted by Crippen LogP contribution is 2.33. The van der Waals surface area contributed by atoms with E-state index in [1.165, 1.54) is 44.8 Å². The summed E-state index contributed by atoms with van der Waals surface area (Å²) in [5, 5.41) is 0. The molecule has 2 nitrogen and oxygen atoms in total. The summed E-state index contributed by atoms with van der Waals surface area (Å²) >= 11 is 3.94. The van der Waals surface area contributed by atoms with E-state index in [1.807, 2.05) is 0 Å². The second-order valence-corrected chi connectivity index (χ2v) is 8.13. The summed E-state index contributed by atoms with van der Waals surface area (Å²) < 4.78 is 3.59. The van der Waals surface area contributed by atoms with Gasteiger partial charge in [0, 0.05) is 22.4 Å². The molecule has 0 saturated heterocycles. The fourth-order valence-electron chi connectivity index (χ4n) is 4.32. The van der Waals surface area contributed by atoms with E-state index in [0.29, 0.717) is 0 Å². The molecular weight excluding hydrogens is 372 g/mol. The molecule has 0 N–H and O–H groups in total. The Morgan fingerprint density at radius 3 is 1.80 bits per heavy atom. The maximum atomic E-state index is 3.94. The zero-order valence-corrected chi connectivity index (χ0v) is 17.8. The maximum absolute atomic E-state index is 3.94. The van der Waals surface area contributed by atoms with Crippen molar-refractivity contribution in [2.24, 2.45) is 0 Å². The molecule has 2 aromatic rings. The minimum absolute atomic E-state index is 1.05. The largest absolute Gasteiger partial charge is 0.325 e. The van der Waals surface area contributed by atoms with Crippen LogP contribution < -0.4 is 4.90 Å². The second-order valence-electron chi connectivity index (χ2n) is 7.42. The first kappa shape index (κ1) is 18.2. The fourth-order valence-corrected chi connectivity index (χ4v) is 5.03. The molecule has 0 spiro atoms. The summed E-state index contributed by atoms with van der Waals surface area (Å²) in [6.07, 6.45) is 1.15. The van der Waals surface area contributed by atoms with Crippen LogP contribution in [0.25, 0.3) is 0 Å². The molecule has 0 fully saturated rings. The third-order valence-electron chi connectivity index (χ3n) is 5.02. The standard InChI is InChI=1S/C22H28BrN2/c1-14-10-16(3)20(17(4)11-14)24-8-7-9-25(22(24)23)21-18(5)12-15(2)13-19(21)6/h10-13H,7-9H2,1-6H3/q+1. The van der Waals surface area contributed by atoms with E-state index in [1.54, 1.807) is 0 Å². The molecule has 0 radical (unpaired) electrons. The third kappa shape index (κ3) is 3.39. The van der Waals surface area contributed by atoms with Gasteiger partial charge < -0.3 is 0 Å². The van der Waals surface area contributed by atoms with Gasteiger partial charge in [0.1, 0.15) is 11.4 Å². The Morgan fingerprint density at radius 1 is 0.800 bits per heavy atom. The maximum Gasteiger partial charge on any atom is 0.325 e. The zero-order valence-electron chi connectivity index (χ0n) is 16.2. The lowest BCUT2D eigenvalue weighted by atomic mass is 10.0. The lowest BCUT2D eigenvalue weighted by Gasteiger charge is -2.27. The molecule has 0 atom stereocenters. The number of halogens is 1. The van der Waals surface area contributed by atoms with Crippen LogP contribution in [0.1, 0.15) is 39.8 Å². The summed E-state index contributed by atoms with van der Waals surface area (Å²) in [7, 11) is 0. The van der Waals surface area contributed by atoms with Gasteiger partial charge in [-0.2, -0.15) is 0 Å². The van der Waals surface area contributed by atoms with E-state index >= 15 is 0 Å². The molecular formula is C22H28BrN2+. The number of hydrogen-bond acceptors (Lipinski definition) is 1. The van der Waals surface area contributed by atoms with E-state index in [9.17, 15) is 0 Å². The summed E-state index contributed by atoms with van der Waals surface area (Å²) in [4.78, 5) is 2.44. The third-order valence-corrected chi connectivity index (χ3v) is 5.88. The normalized spacial score (nSPS) is 15.1. The van der Waals surface area contributed by atoms with Crippen molar-refractivity contribution >= 4 is 32.0 Å². The Morgan fingerprint density at radius 2 is 1.28 bits per heavy atom. The van der Waals surface area contributed by atoms with Gasteiger partial charge in [-0.1, -0.05) is 35.4 Å². The first-order chi connectivity index (χ1) is 11.8. The van der Waals surface area contributed by atoms with Crippen LogP contribution in [0.4, 0.5) is 11.4 Å². The predicted molar refractivity (Wildman–Crippen MR) is 112 cm³/mol. The van der Waals surface area contributed by atoms with Gasteiger partial charge in [-0.05, 0) is 63.8 Å². The molecule has 0 aromatic heterocycles. The lowest BCUT2D eigenvalue weighted by molar-refractivity contribution is -0.443. The van der Waals surface area contributed by atoms with Gasteiger partial charge in [-0.25, -0.2) is 9.48 Å². The SMILES string of the molecule is Cc1cc(C)c(N2CCC[N+](c3c(C)cc(C)cc3C)=C2Br)c(C)c1. The second kappa shape index (κ2) is 6.95. The van der Waals surface area contributed by atoms with Gasteiger partial charge in [-0.15, -0.1) is 0 Å². The number of benzene rings is 2. The van der Waals surface area contributed by atoms with Crippen LogP contribution in [0, 0.1) is 41.5 Å². The first-order valence-corrected chi connectivity index (χ1v) is 9.82. The molecule has 1 heterocycles. The van der Waals surface area contributed by atoms with Crippen molar-refractivity contribution in [1.82, 2.24) is 0 Å². The van der Waals surface area contributed by atoms with Gasteiger partial charge in [0.25, 0.3) is 0 Å². The first-order valence-electron chi connectivity index (χ1n) is 9.03. The van der Waals surface area contributed by atoms with Crippen molar-refractivity contribution in [2.75, 3.05) is 18.0 Å². The number of anilines is 1. The highest BCUT2D eigenvalue weighted by atomic mass is 79.9. The lowest BCUT2D eigenvalue weighted by Crippen LogP contribution is -2.40. The van der Waals surface area contributed by atoms with Crippen molar-refractivity contribution in [1.29, 1.82) is 0 Å². The molecule has 3 heteroatoms. The Kier molecular flexibility index (Phi) is 5.06. The number of amidine groups is 1. The molecule has 2 aromatic carbocycles. The number of rotatable bonds is 2. The zero-order chi connectivity index (χ0) is 18.3. The molecule has 0 unspecified atom stereocenters. The van der Waals surface area contributed by atoms with Crippen molar-refractivity contribution < 1.29 is 4.58 Å². The Hall–Kier alpha value is -1.61. The van der Waals surface area contributed by atoms with Crippen molar-refractivity contribution in [3.8, 4) is 0 Å². The van der Waals surface area contributed by atoms with Gasteiger partial charge >= 0.3 is 4.74 Å². The summed E-state index contributed by atoms with van der Waals surface area (Å²) in [5.41, 5.74) is 10.7. The number of hydrogen-bond donors (Lipinski definition) is 0. The van der Waals surface area contributed by atoms with Gasteiger partial charge in [-0.3, -0.25) is 0 Å². The summed E-state index contributed by atoms with van der Waals surface area (Å²) in [6, 6.07) is 9.13. The van der Waals surface area contributed by atoms with Crippen LogP contribution in [0.3, 0.4) is 0 Å². The summed E-state index contributed by atoms with van der Waals surface area (Å²) in [6.45, 7) is 15.3. The molecule has 0 saturated carbocycles. The highest BCUT2D eigenvalue weighted by molar-refractivity contribution is 9.18. The van der Waals surface area contributed by atoms with Gasteiger partial charge in [0.15, 0.2) is 0 Å².